The molecule has 2 aromatic rings. The van der Waals surface area contributed by atoms with Gasteiger partial charge in [0.1, 0.15) is 5.82 Å². The third-order valence-corrected chi connectivity index (χ3v) is 2.96. The molecule has 0 fully saturated rings. The lowest BCUT2D eigenvalue weighted by atomic mass is 10.2. The Kier molecular flexibility index (Phi) is 2.81. The second-order valence-electron chi connectivity index (χ2n) is 3.72. The minimum Gasteiger partial charge on any atom is -0.328 e. The number of imidazole rings is 1. The third kappa shape index (κ3) is 1.99. The molecule has 0 bridgehead atoms. The van der Waals surface area contributed by atoms with E-state index in [0.717, 1.165) is 6.07 Å². The molecule has 0 unspecified atom stereocenters. The molecule has 1 aromatic carbocycles. The van der Waals surface area contributed by atoms with Crippen LogP contribution in [-0.2, 0) is 12.7 Å². The van der Waals surface area contributed by atoms with E-state index in [1.165, 1.54) is 6.07 Å². The lowest BCUT2D eigenvalue weighted by molar-refractivity contribution is -0.137. The van der Waals surface area contributed by atoms with Crippen LogP contribution in [0.15, 0.2) is 12.1 Å². The molecule has 6 heteroatoms. The molecular weight excluding hydrogens is 253 g/mol. The Morgan fingerprint density at radius 3 is 2.53 bits per heavy atom. The smallest absolute Gasteiger partial charge is 0.328 e. The molecular formula is C11H10ClF3N2. The standard InChI is InChI=1S/C11H10ClF3N2/c1-3-17-6(2)16-9-5-8(12)7(4-10(9)17)11(13,14)15/h4-5H,3H2,1-2H3. The molecule has 1 heterocycles. The molecule has 1 aromatic heterocycles. The van der Waals surface area contributed by atoms with Gasteiger partial charge >= 0.3 is 6.18 Å². The van der Waals surface area contributed by atoms with Crippen LogP contribution in [0.4, 0.5) is 13.2 Å². The predicted molar refractivity (Wildman–Crippen MR) is 60.2 cm³/mol. The van der Waals surface area contributed by atoms with Crippen LogP contribution in [0.3, 0.4) is 0 Å². The SMILES string of the molecule is CCn1c(C)nc2cc(Cl)c(C(F)(F)F)cc21. The van der Waals surface area contributed by atoms with Crippen molar-refractivity contribution in [2.45, 2.75) is 26.6 Å². The first-order valence-corrected chi connectivity index (χ1v) is 5.46. The number of halogens is 4. The first kappa shape index (κ1) is 12.2. The van der Waals surface area contributed by atoms with Gasteiger partial charge in [-0.3, -0.25) is 0 Å². The normalized spacial score (nSPS) is 12.4. The van der Waals surface area contributed by atoms with E-state index in [1.807, 2.05) is 6.92 Å². The topological polar surface area (TPSA) is 17.8 Å². The summed E-state index contributed by atoms with van der Waals surface area (Å²) in [6.45, 7) is 4.18. The number of nitrogens with zero attached hydrogens (tertiary/aromatic N) is 2. The monoisotopic (exact) mass is 262 g/mol. The molecule has 0 spiro atoms. The molecule has 2 nitrogen and oxygen atoms in total. The van der Waals surface area contributed by atoms with Crippen molar-refractivity contribution < 1.29 is 13.2 Å². The van der Waals surface area contributed by atoms with Crippen molar-refractivity contribution in [3.63, 3.8) is 0 Å². The van der Waals surface area contributed by atoms with Gasteiger partial charge in [-0.1, -0.05) is 11.6 Å². The van der Waals surface area contributed by atoms with Gasteiger partial charge in [0.25, 0.3) is 0 Å². The van der Waals surface area contributed by atoms with Gasteiger partial charge in [-0.15, -0.1) is 0 Å². The molecule has 0 N–H and O–H groups in total. The van der Waals surface area contributed by atoms with Gasteiger partial charge in [0.15, 0.2) is 0 Å². The van der Waals surface area contributed by atoms with E-state index in [9.17, 15) is 13.2 Å². The van der Waals surface area contributed by atoms with E-state index < -0.39 is 11.7 Å². The Labute approximate surface area is 101 Å². The first-order chi connectivity index (χ1) is 7.84. The quantitative estimate of drug-likeness (QED) is 0.758. The predicted octanol–water partition coefficient (Wildman–Crippen LogP) is 4.04. The Morgan fingerprint density at radius 1 is 1.35 bits per heavy atom. The maximum Gasteiger partial charge on any atom is 0.417 e. The summed E-state index contributed by atoms with van der Waals surface area (Å²) < 4.78 is 39.8. The maximum atomic E-state index is 12.7. The number of fused-ring (bicyclic) bond motifs is 1. The number of aryl methyl sites for hydroxylation is 2. The van der Waals surface area contributed by atoms with Crippen molar-refractivity contribution in [2.75, 3.05) is 0 Å². The van der Waals surface area contributed by atoms with Crippen LogP contribution in [0.2, 0.25) is 5.02 Å². The van der Waals surface area contributed by atoms with Crippen molar-refractivity contribution in [1.82, 2.24) is 9.55 Å². The fraction of sp³-hybridized carbons (Fsp3) is 0.364. The number of alkyl halides is 3. The second-order valence-corrected chi connectivity index (χ2v) is 4.13. The van der Waals surface area contributed by atoms with Crippen LogP contribution in [-0.4, -0.2) is 9.55 Å². The summed E-state index contributed by atoms with van der Waals surface area (Å²) >= 11 is 5.62. The second kappa shape index (κ2) is 3.91. The minimum absolute atomic E-state index is 0.314. The average Bonchev–Trinajstić information content (AvgIpc) is 2.49. The first-order valence-electron chi connectivity index (χ1n) is 5.08. The van der Waals surface area contributed by atoms with Crippen LogP contribution in [0.5, 0.6) is 0 Å². The highest BCUT2D eigenvalue weighted by Gasteiger charge is 2.34. The summed E-state index contributed by atoms with van der Waals surface area (Å²) in [5.74, 6) is 0.679. The summed E-state index contributed by atoms with van der Waals surface area (Å²) in [5, 5.41) is -0.314. The van der Waals surface area contributed by atoms with Crippen molar-refractivity contribution in [3.8, 4) is 0 Å². The number of aromatic nitrogens is 2. The molecule has 0 saturated carbocycles. The molecule has 0 aliphatic heterocycles. The molecule has 0 amide bonds. The number of rotatable bonds is 1. The zero-order valence-electron chi connectivity index (χ0n) is 9.27. The van der Waals surface area contributed by atoms with Gasteiger partial charge in [0, 0.05) is 6.54 Å². The summed E-state index contributed by atoms with van der Waals surface area (Å²) in [5.41, 5.74) is 0.130. The fourth-order valence-corrected chi connectivity index (χ4v) is 2.15. The van der Waals surface area contributed by atoms with Gasteiger partial charge in [-0.2, -0.15) is 13.2 Å². The molecule has 92 valence electrons. The zero-order valence-corrected chi connectivity index (χ0v) is 10.0. The molecule has 0 aliphatic rings. The van der Waals surface area contributed by atoms with Gasteiger partial charge < -0.3 is 4.57 Å². The van der Waals surface area contributed by atoms with Crippen LogP contribution in [0, 0.1) is 6.92 Å². The molecule has 0 radical (unpaired) electrons. The van der Waals surface area contributed by atoms with Gasteiger partial charge in [0.2, 0.25) is 0 Å². The average molecular weight is 263 g/mol. The van der Waals surface area contributed by atoms with E-state index in [0.29, 0.717) is 23.4 Å². The van der Waals surface area contributed by atoms with Crippen LogP contribution >= 0.6 is 11.6 Å². The summed E-state index contributed by atoms with van der Waals surface area (Å²) in [7, 11) is 0. The minimum atomic E-state index is -4.44. The maximum absolute atomic E-state index is 12.7. The fourth-order valence-electron chi connectivity index (χ4n) is 1.88. The van der Waals surface area contributed by atoms with E-state index >= 15 is 0 Å². The number of hydrogen-bond donors (Lipinski definition) is 0. The Balaban J connectivity index is 2.78. The number of benzene rings is 1. The van der Waals surface area contributed by atoms with Gasteiger partial charge in [-0.05, 0) is 26.0 Å². The van der Waals surface area contributed by atoms with Crippen LogP contribution in [0.25, 0.3) is 11.0 Å². The zero-order chi connectivity index (χ0) is 12.8. The molecule has 0 aliphatic carbocycles. The largest absolute Gasteiger partial charge is 0.417 e. The third-order valence-electron chi connectivity index (χ3n) is 2.65. The lowest BCUT2D eigenvalue weighted by Crippen LogP contribution is -2.06. The summed E-state index contributed by atoms with van der Waals surface area (Å²) in [6.07, 6.45) is -4.44. The highest BCUT2D eigenvalue weighted by Crippen LogP contribution is 2.37. The van der Waals surface area contributed by atoms with Crippen molar-refractivity contribution in [1.29, 1.82) is 0 Å². The van der Waals surface area contributed by atoms with Crippen LogP contribution < -0.4 is 0 Å². The summed E-state index contributed by atoms with van der Waals surface area (Å²) in [6, 6.07) is 2.32. The van der Waals surface area contributed by atoms with Gasteiger partial charge in [0.05, 0.1) is 21.6 Å². The van der Waals surface area contributed by atoms with Crippen molar-refractivity contribution in [2.24, 2.45) is 0 Å². The lowest BCUT2D eigenvalue weighted by Gasteiger charge is -2.09. The van der Waals surface area contributed by atoms with Crippen molar-refractivity contribution >= 4 is 22.6 Å². The Hall–Kier alpha value is -1.23. The Morgan fingerprint density at radius 2 is 2.00 bits per heavy atom. The van der Waals surface area contributed by atoms with E-state index in [4.69, 9.17) is 11.6 Å². The van der Waals surface area contributed by atoms with Crippen molar-refractivity contribution in [3.05, 3.63) is 28.5 Å². The Bertz CT molecular complexity index is 572. The molecule has 0 saturated heterocycles. The number of hydrogen-bond acceptors (Lipinski definition) is 1. The molecule has 2 rings (SSSR count). The van der Waals surface area contributed by atoms with Gasteiger partial charge in [-0.25, -0.2) is 4.98 Å². The van der Waals surface area contributed by atoms with E-state index in [1.54, 1.807) is 11.5 Å². The molecule has 17 heavy (non-hydrogen) atoms. The molecule has 0 atom stereocenters. The highest BCUT2D eigenvalue weighted by atomic mass is 35.5. The van der Waals surface area contributed by atoms with Crippen LogP contribution in [0.1, 0.15) is 18.3 Å². The summed E-state index contributed by atoms with van der Waals surface area (Å²) in [4.78, 5) is 4.18. The van der Waals surface area contributed by atoms with E-state index in [2.05, 4.69) is 4.98 Å². The highest BCUT2D eigenvalue weighted by molar-refractivity contribution is 6.32. The van der Waals surface area contributed by atoms with E-state index in [-0.39, 0.29) is 5.02 Å².